The molecule has 0 N–H and O–H groups in total. The summed E-state index contributed by atoms with van der Waals surface area (Å²) in [6.45, 7) is 9.15. The molecule has 0 unspecified atom stereocenters. The number of rotatable bonds is 9. The lowest BCUT2D eigenvalue weighted by molar-refractivity contribution is 0.106. The van der Waals surface area contributed by atoms with Crippen molar-refractivity contribution in [3.05, 3.63) is 0 Å². The SMILES string of the molecule is CCCOCCN(CCC)CCCl. The molecule has 0 aliphatic rings. The molecule has 13 heavy (non-hydrogen) atoms. The van der Waals surface area contributed by atoms with E-state index in [2.05, 4.69) is 18.7 Å². The molecule has 0 saturated carbocycles. The molecular formula is C10H22ClNO. The smallest absolute Gasteiger partial charge is 0.0593 e. The Kier molecular flexibility index (Phi) is 10.5. The van der Waals surface area contributed by atoms with E-state index in [4.69, 9.17) is 16.3 Å². The monoisotopic (exact) mass is 207 g/mol. The highest BCUT2D eigenvalue weighted by Crippen LogP contribution is 1.93. The largest absolute Gasteiger partial charge is 0.380 e. The van der Waals surface area contributed by atoms with Gasteiger partial charge >= 0.3 is 0 Å². The first kappa shape index (κ1) is 13.2. The highest BCUT2D eigenvalue weighted by atomic mass is 35.5. The number of alkyl halides is 1. The van der Waals surface area contributed by atoms with Crippen molar-refractivity contribution in [2.75, 3.05) is 38.7 Å². The number of ether oxygens (including phenoxy) is 1. The van der Waals surface area contributed by atoms with Gasteiger partial charge in [0.05, 0.1) is 6.61 Å². The van der Waals surface area contributed by atoms with Crippen molar-refractivity contribution in [2.45, 2.75) is 26.7 Å². The fraction of sp³-hybridized carbons (Fsp3) is 1.00. The first-order valence-electron chi connectivity index (χ1n) is 5.21. The van der Waals surface area contributed by atoms with E-state index in [-0.39, 0.29) is 0 Å². The van der Waals surface area contributed by atoms with Crippen LogP contribution in [0.1, 0.15) is 26.7 Å². The van der Waals surface area contributed by atoms with Gasteiger partial charge in [0, 0.05) is 25.6 Å². The summed E-state index contributed by atoms with van der Waals surface area (Å²) in [5.41, 5.74) is 0. The molecule has 0 bridgehead atoms. The van der Waals surface area contributed by atoms with E-state index in [1.807, 2.05) is 0 Å². The zero-order valence-corrected chi connectivity index (χ0v) is 9.65. The second-order valence-electron chi connectivity index (χ2n) is 3.14. The van der Waals surface area contributed by atoms with Gasteiger partial charge in [-0.25, -0.2) is 0 Å². The molecule has 0 saturated heterocycles. The highest BCUT2D eigenvalue weighted by molar-refractivity contribution is 6.18. The molecule has 0 spiro atoms. The van der Waals surface area contributed by atoms with Crippen molar-refractivity contribution in [1.82, 2.24) is 4.90 Å². The third kappa shape index (κ3) is 8.54. The van der Waals surface area contributed by atoms with Gasteiger partial charge < -0.3 is 4.74 Å². The summed E-state index contributed by atoms with van der Waals surface area (Å²) in [5.74, 6) is 0.716. The summed E-state index contributed by atoms with van der Waals surface area (Å²) < 4.78 is 5.42. The van der Waals surface area contributed by atoms with E-state index in [1.54, 1.807) is 0 Å². The third-order valence-electron chi connectivity index (χ3n) is 1.84. The summed E-state index contributed by atoms with van der Waals surface area (Å²) >= 11 is 5.69. The molecule has 0 amide bonds. The Morgan fingerprint density at radius 3 is 2.31 bits per heavy atom. The summed E-state index contributed by atoms with van der Waals surface area (Å²) in [4.78, 5) is 2.35. The van der Waals surface area contributed by atoms with Crippen molar-refractivity contribution in [3.8, 4) is 0 Å². The molecular weight excluding hydrogens is 186 g/mol. The molecule has 2 nitrogen and oxygen atoms in total. The van der Waals surface area contributed by atoms with Gasteiger partial charge in [0.25, 0.3) is 0 Å². The van der Waals surface area contributed by atoms with Crippen molar-refractivity contribution in [2.24, 2.45) is 0 Å². The van der Waals surface area contributed by atoms with Gasteiger partial charge in [-0.1, -0.05) is 13.8 Å². The van der Waals surface area contributed by atoms with Crippen LogP contribution in [0.4, 0.5) is 0 Å². The summed E-state index contributed by atoms with van der Waals surface area (Å²) in [6, 6.07) is 0. The van der Waals surface area contributed by atoms with Crippen LogP contribution in [0.25, 0.3) is 0 Å². The topological polar surface area (TPSA) is 12.5 Å². The molecule has 0 radical (unpaired) electrons. The van der Waals surface area contributed by atoms with Gasteiger partial charge in [-0.05, 0) is 19.4 Å². The molecule has 0 rings (SSSR count). The Morgan fingerprint density at radius 1 is 1.00 bits per heavy atom. The quantitative estimate of drug-likeness (QED) is 0.425. The lowest BCUT2D eigenvalue weighted by Crippen LogP contribution is -2.30. The molecule has 0 fully saturated rings. The average molecular weight is 208 g/mol. The second-order valence-corrected chi connectivity index (χ2v) is 3.52. The predicted octanol–water partition coefficient (Wildman–Crippen LogP) is 2.36. The third-order valence-corrected chi connectivity index (χ3v) is 2.01. The van der Waals surface area contributed by atoms with Gasteiger partial charge in [0.15, 0.2) is 0 Å². The fourth-order valence-electron chi connectivity index (χ4n) is 1.21. The minimum atomic E-state index is 0.716. The van der Waals surface area contributed by atoms with Gasteiger partial charge in [-0.15, -0.1) is 11.6 Å². The zero-order chi connectivity index (χ0) is 9.94. The zero-order valence-electron chi connectivity index (χ0n) is 8.89. The van der Waals surface area contributed by atoms with Crippen LogP contribution in [0.15, 0.2) is 0 Å². The number of hydrogen-bond donors (Lipinski definition) is 0. The molecule has 3 heteroatoms. The number of nitrogens with zero attached hydrogens (tertiary/aromatic N) is 1. The highest BCUT2D eigenvalue weighted by Gasteiger charge is 2.01. The van der Waals surface area contributed by atoms with Gasteiger partial charge in [-0.2, -0.15) is 0 Å². The Hall–Kier alpha value is 0.210. The number of halogens is 1. The molecule has 0 atom stereocenters. The Labute approximate surface area is 87.2 Å². The van der Waals surface area contributed by atoms with E-state index in [1.165, 1.54) is 6.42 Å². The molecule has 0 aromatic heterocycles. The van der Waals surface area contributed by atoms with E-state index in [0.717, 1.165) is 39.3 Å². The van der Waals surface area contributed by atoms with Crippen molar-refractivity contribution >= 4 is 11.6 Å². The lowest BCUT2D eigenvalue weighted by Gasteiger charge is -2.19. The van der Waals surface area contributed by atoms with Crippen LogP contribution >= 0.6 is 11.6 Å². The normalized spacial score (nSPS) is 11.1. The molecule has 0 heterocycles. The average Bonchev–Trinajstić information content (AvgIpc) is 2.13. The van der Waals surface area contributed by atoms with Crippen LogP contribution in [0.5, 0.6) is 0 Å². The predicted molar refractivity (Wildman–Crippen MR) is 58.6 cm³/mol. The van der Waals surface area contributed by atoms with Crippen molar-refractivity contribution in [1.29, 1.82) is 0 Å². The van der Waals surface area contributed by atoms with Gasteiger partial charge in [-0.3, -0.25) is 4.90 Å². The maximum atomic E-state index is 5.69. The van der Waals surface area contributed by atoms with E-state index < -0.39 is 0 Å². The van der Waals surface area contributed by atoms with Crippen LogP contribution in [0, 0.1) is 0 Å². The molecule has 80 valence electrons. The summed E-state index contributed by atoms with van der Waals surface area (Å²) in [7, 11) is 0. The maximum absolute atomic E-state index is 5.69. The number of hydrogen-bond acceptors (Lipinski definition) is 2. The molecule has 0 aromatic carbocycles. The Bertz CT molecular complexity index is 94.9. The molecule has 0 aliphatic heterocycles. The van der Waals surface area contributed by atoms with Crippen LogP contribution in [-0.2, 0) is 4.74 Å². The van der Waals surface area contributed by atoms with Crippen LogP contribution in [0.2, 0.25) is 0 Å². The van der Waals surface area contributed by atoms with Crippen LogP contribution < -0.4 is 0 Å². The lowest BCUT2D eigenvalue weighted by atomic mass is 10.4. The van der Waals surface area contributed by atoms with Gasteiger partial charge in [0.2, 0.25) is 0 Å². The van der Waals surface area contributed by atoms with Crippen LogP contribution in [0.3, 0.4) is 0 Å². The standard InChI is InChI=1S/C10H22ClNO/c1-3-6-12(7-5-11)8-10-13-9-4-2/h3-10H2,1-2H3. The Balaban J connectivity index is 3.33. The van der Waals surface area contributed by atoms with E-state index in [9.17, 15) is 0 Å². The minimum Gasteiger partial charge on any atom is -0.380 e. The van der Waals surface area contributed by atoms with E-state index in [0.29, 0.717) is 5.88 Å². The maximum Gasteiger partial charge on any atom is 0.0593 e. The molecule has 0 aromatic rings. The summed E-state index contributed by atoms with van der Waals surface area (Å²) in [6.07, 6.45) is 2.29. The first-order valence-corrected chi connectivity index (χ1v) is 5.74. The molecule has 0 aliphatic carbocycles. The minimum absolute atomic E-state index is 0.716. The van der Waals surface area contributed by atoms with E-state index >= 15 is 0 Å². The summed E-state index contributed by atoms with van der Waals surface area (Å²) in [5, 5.41) is 0. The van der Waals surface area contributed by atoms with Crippen molar-refractivity contribution < 1.29 is 4.74 Å². The first-order chi connectivity index (χ1) is 6.35. The van der Waals surface area contributed by atoms with Crippen molar-refractivity contribution in [3.63, 3.8) is 0 Å². The fourth-order valence-corrected chi connectivity index (χ4v) is 1.45. The second kappa shape index (κ2) is 10.3. The van der Waals surface area contributed by atoms with Crippen LogP contribution in [-0.4, -0.2) is 43.6 Å². The van der Waals surface area contributed by atoms with Gasteiger partial charge in [0.1, 0.15) is 0 Å². The Morgan fingerprint density at radius 2 is 1.77 bits per heavy atom.